The fourth-order valence-electron chi connectivity index (χ4n) is 3.55. The summed E-state index contributed by atoms with van der Waals surface area (Å²) in [4.78, 5) is 42.1. The molecule has 2 aliphatic rings. The third-order valence-electron chi connectivity index (χ3n) is 5.19. The Morgan fingerprint density at radius 1 is 1.36 bits per heavy atom. The Morgan fingerprint density at radius 3 is 2.72 bits per heavy atom. The van der Waals surface area contributed by atoms with E-state index >= 15 is 0 Å². The summed E-state index contributed by atoms with van der Waals surface area (Å²) in [7, 11) is 0. The summed E-state index contributed by atoms with van der Waals surface area (Å²) in [6.07, 6.45) is -4.57. The average Bonchev–Trinajstić information content (AvgIpc) is 3.26. The van der Waals surface area contributed by atoms with Crippen LogP contribution in [0.25, 0.3) is 0 Å². The third-order valence-corrected chi connectivity index (χ3v) is 7.20. The van der Waals surface area contributed by atoms with E-state index in [0.717, 1.165) is 46.2 Å². The quantitative estimate of drug-likeness (QED) is 0.176. The minimum Gasteiger partial charge on any atom is -0.489 e. The number of nitrogens with two attached hydrogens (primary N) is 1. The highest BCUT2D eigenvalue weighted by Gasteiger charge is 2.54. The van der Waals surface area contributed by atoms with Crippen molar-refractivity contribution in [1.29, 1.82) is 0 Å². The van der Waals surface area contributed by atoms with Gasteiger partial charge in [0.25, 0.3) is 11.8 Å². The standard InChI is InChI=1S/C20H16F3N5O6S2/c21-20(22,23)9-2-1-3-10(4-9)34-5-8-6-35-17-13(16(30)28(17)14(8)18(31)32)26-15(29)12(27-33)11-7-36-19(24)25-11/h1-4,7,13,17,33H,5-6H2,(H2,24,25)(H,26,29)(H,31,32)/b27-12-/t13?,17-/m1/s1. The number of thiazole rings is 1. The SMILES string of the molecule is Nc1nc(/C(=N/O)C(=O)NC2C(=O)N3C(C(=O)O)=C(COc4cccc(C(F)(F)F)c4)CS[C@H]23)cs1. The van der Waals surface area contributed by atoms with Crippen molar-refractivity contribution in [1.82, 2.24) is 15.2 Å². The predicted molar refractivity (Wildman–Crippen MR) is 121 cm³/mol. The topological polar surface area (TPSA) is 167 Å². The molecule has 2 atom stereocenters. The molecule has 2 aliphatic heterocycles. The zero-order chi connectivity index (χ0) is 26.2. The van der Waals surface area contributed by atoms with Crippen molar-refractivity contribution in [3.05, 3.63) is 52.2 Å². The number of nitrogens with zero attached hydrogens (tertiary/aromatic N) is 3. The van der Waals surface area contributed by atoms with Gasteiger partial charge in [-0.15, -0.1) is 23.1 Å². The number of ether oxygens (including phenoxy) is 1. The zero-order valence-corrected chi connectivity index (χ0v) is 19.5. The van der Waals surface area contributed by atoms with Gasteiger partial charge in [0.15, 0.2) is 10.8 Å². The van der Waals surface area contributed by atoms with E-state index in [1.165, 1.54) is 11.4 Å². The first kappa shape index (κ1) is 25.3. The zero-order valence-electron chi connectivity index (χ0n) is 17.9. The Labute approximate surface area is 208 Å². The number of amides is 2. The van der Waals surface area contributed by atoms with Gasteiger partial charge in [-0.3, -0.25) is 14.5 Å². The number of halogens is 3. The second-order valence-corrected chi connectivity index (χ2v) is 9.45. The van der Waals surface area contributed by atoms with Crippen LogP contribution >= 0.6 is 23.1 Å². The second-order valence-electron chi connectivity index (χ2n) is 7.45. The third kappa shape index (κ3) is 4.81. The smallest absolute Gasteiger partial charge is 0.416 e. The Bertz CT molecular complexity index is 1290. The van der Waals surface area contributed by atoms with Crippen molar-refractivity contribution < 1.29 is 42.6 Å². The number of hydrogen-bond donors (Lipinski definition) is 4. The van der Waals surface area contributed by atoms with E-state index in [0.29, 0.717) is 0 Å². The average molecular weight is 544 g/mol. The Kier molecular flexibility index (Phi) is 6.81. The summed E-state index contributed by atoms with van der Waals surface area (Å²) >= 11 is 2.14. The molecule has 5 N–H and O–H groups in total. The number of alkyl halides is 3. The van der Waals surface area contributed by atoms with Gasteiger partial charge in [-0.25, -0.2) is 9.78 Å². The number of aromatic nitrogens is 1. The van der Waals surface area contributed by atoms with Crippen molar-refractivity contribution in [3.8, 4) is 5.75 Å². The maximum atomic E-state index is 12.9. The number of carboxylic acid groups (broad SMARTS) is 1. The van der Waals surface area contributed by atoms with Gasteiger partial charge in [0.2, 0.25) is 0 Å². The molecule has 0 aliphatic carbocycles. The van der Waals surface area contributed by atoms with E-state index in [2.05, 4.69) is 15.5 Å². The van der Waals surface area contributed by atoms with Crippen LogP contribution in [0.5, 0.6) is 5.75 Å². The van der Waals surface area contributed by atoms with E-state index in [9.17, 15) is 37.9 Å². The Hall–Kier alpha value is -3.79. The van der Waals surface area contributed by atoms with Gasteiger partial charge in [-0.05, 0) is 18.2 Å². The fraction of sp³-hybridized carbons (Fsp3) is 0.250. The summed E-state index contributed by atoms with van der Waals surface area (Å²) in [6.45, 7) is -0.365. The lowest BCUT2D eigenvalue weighted by molar-refractivity contribution is -0.150. The normalized spacial score (nSPS) is 20.0. The molecule has 1 aromatic heterocycles. The summed E-state index contributed by atoms with van der Waals surface area (Å²) < 4.78 is 44.2. The molecule has 36 heavy (non-hydrogen) atoms. The summed E-state index contributed by atoms with van der Waals surface area (Å²) in [6, 6.07) is 3.00. The Morgan fingerprint density at radius 2 is 2.11 bits per heavy atom. The second kappa shape index (κ2) is 9.69. The molecule has 2 amide bonds. The monoisotopic (exact) mass is 543 g/mol. The number of carboxylic acids is 1. The minimum atomic E-state index is -4.57. The van der Waals surface area contributed by atoms with Gasteiger partial charge in [0.05, 0.1) is 5.56 Å². The number of anilines is 1. The summed E-state index contributed by atoms with van der Waals surface area (Å²) in [5, 5.41) is 25.0. The van der Waals surface area contributed by atoms with Crippen LogP contribution in [-0.4, -0.2) is 67.5 Å². The van der Waals surface area contributed by atoms with Gasteiger partial charge < -0.3 is 26.1 Å². The molecule has 1 aromatic carbocycles. The van der Waals surface area contributed by atoms with Crippen LogP contribution in [0.15, 0.2) is 46.1 Å². The van der Waals surface area contributed by atoms with Crippen LogP contribution in [0.4, 0.5) is 18.3 Å². The molecule has 0 spiro atoms. The van der Waals surface area contributed by atoms with E-state index in [1.54, 1.807) is 0 Å². The Balaban J connectivity index is 1.48. The number of benzene rings is 1. The highest BCUT2D eigenvalue weighted by molar-refractivity contribution is 8.00. The van der Waals surface area contributed by atoms with Crippen LogP contribution in [0, 0.1) is 0 Å². The molecule has 190 valence electrons. The van der Waals surface area contributed by atoms with Crippen molar-refractivity contribution >= 4 is 51.7 Å². The number of nitrogen functional groups attached to an aromatic ring is 1. The predicted octanol–water partition coefficient (Wildman–Crippen LogP) is 1.74. The number of aliphatic carboxylic acids is 1. The van der Waals surface area contributed by atoms with Gasteiger partial charge >= 0.3 is 12.1 Å². The van der Waals surface area contributed by atoms with E-state index in [-0.39, 0.29) is 40.2 Å². The number of fused-ring (bicyclic) bond motifs is 1. The number of carbonyl (C=O) groups is 3. The van der Waals surface area contributed by atoms with Gasteiger partial charge in [-0.1, -0.05) is 11.2 Å². The number of hydrogen-bond acceptors (Lipinski definition) is 10. The lowest BCUT2D eigenvalue weighted by atomic mass is 10.0. The molecule has 1 fully saturated rings. The molecule has 0 radical (unpaired) electrons. The molecule has 4 rings (SSSR count). The van der Waals surface area contributed by atoms with Crippen LogP contribution in [0.2, 0.25) is 0 Å². The van der Waals surface area contributed by atoms with Crippen molar-refractivity contribution in [3.63, 3.8) is 0 Å². The van der Waals surface area contributed by atoms with Gasteiger partial charge in [-0.2, -0.15) is 13.2 Å². The van der Waals surface area contributed by atoms with Crippen molar-refractivity contribution in [2.75, 3.05) is 18.1 Å². The van der Waals surface area contributed by atoms with Crippen molar-refractivity contribution in [2.45, 2.75) is 17.6 Å². The first-order chi connectivity index (χ1) is 17.0. The molecule has 1 saturated heterocycles. The van der Waals surface area contributed by atoms with Crippen LogP contribution in [-0.2, 0) is 20.6 Å². The van der Waals surface area contributed by atoms with Crippen LogP contribution in [0.1, 0.15) is 11.3 Å². The fourth-order valence-corrected chi connectivity index (χ4v) is 5.42. The lowest BCUT2D eigenvalue weighted by Crippen LogP contribution is -2.71. The molecular formula is C20H16F3N5O6S2. The summed E-state index contributed by atoms with van der Waals surface area (Å²) in [5.41, 5.74) is 3.92. The molecule has 0 bridgehead atoms. The highest BCUT2D eigenvalue weighted by atomic mass is 32.2. The number of oxime groups is 1. The molecule has 0 saturated carbocycles. The largest absolute Gasteiger partial charge is 0.489 e. The minimum absolute atomic E-state index is 0.00225. The highest BCUT2D eigenvalue weighted by Crippen LogP contribution is 2.40. The molecule has 11 nitrogen and oxygen atoms in total. The van der Waals surface area contributed by atoms with E-state index in [1.807, 2.05) is 0 Å². The van der Waals surface area contributed by atoms with Gasteiger partial charge in [0, 0.05) is 16.7 Å². The number of rotatable bonds is 7. The molecule has 2 aromatic rings. The lowest BCUT2D eigenvalue weighted by Gasteiger charge is -2.49. The molecule has 3 heterocycles. The maximum absolute atomic E-state index is 12.9. The first-order valence-corrected chi connectivity index (χ1v) is 11.9. The van der Waals surface area contributed by atoms with Crippen LogP contribution in [0.3, 0.4) is 0 Å². The maximum Gasteiger partial charge on any atom is 0.416 e. The number of carbonyl (C=O) groups excluding carboxylic acids is 2. The number of thioether (sulfide) groups is 1. The number of β-lactam (4-membered cyclic amide) rings is 1. The van der Waals surface area contributed by atoms with Gasteiger partial charge in [0.1, 0.15) is 35.2 Å². The molecule has 16 heteroatoms. The number of nitrogens with one attached hydrogen (secondary N) is 1. The first-order valence-electron chi connectivity index (χ1n) is 9.95. The molecular weight excluding hydrogens is 527 g/mol. The van der Waals surface area contributed by atoms with E-state index < -0.39 is 46.7 Å². The van der Waals surface area contributed by atoms with Crippen LogP contribution < -0.4 is 15.8 Å². The molecule has 1 unspecified atom stereocenters. The summed E-state index contributed by atoms with van der Waals surface area (Å²) in [5.74, 6) is -3.12. The van der Waals surface area contributed by atoms with E-state index in [4.69, 9.17) is 10.5 Å². The van der Waals surface area contributed by atoms with Crippen molar-refractivity contribution in [2.24, 2.45) is 5.16 Å².